The summed E-state index contributed by atoms with van der Waals surface area (Å²) in [4.78, 5) is 50.3. The molecule has 0 aliphatic carbocycles. The van der Waals surface area contributed by atoms with Crippen LogP contribution in [0.25, 0.3) is 6.08 Å². The summed E-state index contributed by atoms with van der Waals surface area (Å²) in [5.74, 6) is -1.36. The molecule has 0 bridgehead atoms. The molecule has 1 amide bonds. The third kappa shape index (κ3) is 3.48. The van der Waals surface area contributed by atoms with Crippen LogP contribution in [-0.4, -0.2) is 47.6 Å². The van der Waals surface area contributed by atoms with Gasteiger partial charge in [0, 0.05) is 24.2 Å². The number of hydrogen-bond acceptors (Lipinski definition) is 7. The van der Waals surface area contributed by atoms with Crippen LogP contribution in [0.5, 0.6) is 11.5 Å². The highest BCUT2D eigenvalue weighted by atomic mass is 16.5. The van der Waals surface area contributed by atoms with Crippen LogP contribution in [0.15, 0.2) is 97.3 Å². The molecule has 3 aromatic carbocycles. The van der Waals surface area contributed by atoms with E-state index in [2.05, 4.69) is 10.3 Å². The van der Waals surface area contributed by atoms with Crippen LogP contribution in [0, 0.1) is 5.92 Å². The van der Waals surface area contributed by atoms with Crippen molar-refractivity contribution in [2.75, 3.05) is 19.5 Å². The molecule has 1 aromatic heterocycles. The van der Waals surface area contributed by atoms with Crippen molar-refractivity contribution in [1.82, 2.24) is 9.88 Å². The van der Waals surface area contributed by atoms with E-state index in [9.17, 15) is 9.59 Å². The minimum absolute atomic E-state index is 0.219. The molecule has 4 atom stereocenters. The predicted octanol–water partition coefficient (Wildman–Crippen LogP) is 5.08. The lowest BCUT2D eigenvalue weighted by atomic mass is 9.62. The highest BCUT2D eigenvalue weighted by molar-refractivity contribution is 6.17. The number of nitrogens with one attached hydrogen (secondary N) is 1. The monoisotopic (exact) mass is 557 g/mol. The number of pyridine rings is 1. The molecule has 3 aliphatic rings. The summed E-state index contributed by atoms with van der Waals surface area (Å²) < 4.78 is 11.0. The number of Topliss-reactive ketones (excluding diaryl/α,β-unsaturated/α-hetero) is 2. The summed E-state index contributed by atoms with van der Waals surface area (Å²) in [6, 6.07) is 23.6. The molecule has 42 heavy (non-hydrogen) atoms. The Morgan fingerprint density at radius 2 is 1.69 bits per heavy atom. The lowest BCUT2D eigenvalue weighted by Crippen LogP contribution is -2.49. The third-order valence-electron chi connectivity index (χ3n) is 8.71. The van der Waals surface area contributed by atoms with Crippen molar-refractivity contribution in [3.63, 3.8) is 0 Å². The molecule has 0 saturated carbocycles. The van der Waals surface area contributed by atoms with Gasteiger partial charge in [-0.2, -0.15) is 0 Å². The maximum atomic E-state index is 15.0. The Kier molecular flexibility index (Phi) is 5.93. The number of ketones is 2. The molecule has 1 fully saturated rings. The van der Waals surface area contributed by atoms with Crippen molar-refractivity contribution >= 4 is 29.2 Å². The van der Waals surface area contributed by atoms with Crippen molar-refractivity contribution in [3.05, 3.63) is 125 Å². The number of amides is 1. The molecule has 3 aliphatic heterocycles. The third-order valence-corrected chi connectivity index (χ3v) is 8.71. The fourth-order valence-corrected chi connectivity index (χ4v) is 7.00. The SMILES string of the molecule is COc1ccc(C(=O)[C@@H]2[C@H](C(=O)c3ccccn3)N3C=Cc4ccccc4[C@H]3[C@@]23C(=O)Nc2ccccc23)c(OC)c1. The highest BCUT2D eigenvalue weighted by Crippen LogP contribution is 2.62. The predicted molar refractivity (Wildman–Crippen MR) is 157 cm³/mol. The molecular weight excluding hydrogens is 530 g/mol. The van der Waals surface area contributed by atoms with Gasteiger partial charge >= 0.3 is 0 Å². The average Bonchev–Trinajstić information content (AvgIpc) is 3.52. The zero-order valence-electron chi connectivity index (χ0n) is 23.0. The average molecular weight is 558 g/mol. The van der Waals surface area contributed by atoms with E-state index in [4.69, 9.17) is 9.47 Å². The Balaban J connectivity index is 1.54. The zero-order valence-corrected chi connectivity index (χ0v) is 23.0. The van der Waals surface area contributed by atoms with Crippen LogP contribution in [-0.2, 0) is 10.2 Å². The van der Waals surface area contributed by atoms with Gasteiger partial charge in [-0.3, -0.25) is 19.4 Å². The number of aromatic nitrogens is 1. The van der Waals surface area contributed by atoms with Crippen LogP contribution in [0.3, 0.4) is 0 Å². The molecule has 0 radical (unpaired) electrons. The Morgan fingerprint density at radius 3 is 2.48 bits per heavy atom. The van der Waals surface area contributed by atoms with E-state index in [1.165, 1.54) is 14.2 Å². The summed E-state index contributed by atoms with van der Waals surface area (Å²) in [6.07, 6.45) is 5.32. The van der Waals surface area contributed by atoms with E-state index in [0.29, 0.717) is 22.7 Å². The van der Waals surface area contributed by atoms with Gasteiger partial charge in [-0.1, -0.05) is 48.5 Å². The van der Waals surface area contributed by atoms with Crippen molar-refractivity contribution < 1.29 is 23.9 Å². The number of hydrogen-bond donors (Lipinski definition) is 1. The fraction of sp³-hybridized carbons (Fsp3) is 0.176. The molecule has 1 spiro atoms. The van der Waals surface area contributed by atoms with Gasteiger partial charge in [0.2, 0.25) is 11.7 Å². The van der Waals surface area contributed by atoms with Gasteiger partial charge in [0.15, 0.2) is 5.78 Å². The molecule has 208 valence electrons. The van der Waals surface area contributed by atoms with Crippen molar-refractivity contribution in [1.29, 1.82) is 0 Å². The van der Waals surface area contributed by atoms with Crippen LogP contribution in [0.1, 0.15) is 43.6 Å². The number of fused-ring (bicyclic) bond motifs is 6. The number of carbonyl (C=O) groups is 3. The van der Waals surface area contributed by atoms with Gasteiger partial charge in [0.05, 0.1) is 31.7 Å². The highest BCUT2D eigenvalue weighted by Gasteiger charge is 2.71. The van der Waals surface area contributed by atoms with Gasteiger partial charge in [-0.15, -0.1) is 0 Å². The summed E-state index contributed by atoms with van der Waals surface area (Å²) in [5, 5.41) is 3.06. The lowest BCUT2D eigenvalue weighted by molar-refractivity contribution is -0.122. The van der Waals surface area contributed by atoms with E-state index in [1.54, 1.807) is 42.6 Å². The van der Waals surface area contributed by atoms with Crippen molar-refractivity contribution in [3.8, 4) is 11.5 Å². The number of methoxy groups -OCH3 is 2. The zero-order chi connectivity index (χ0) is 29.0. The number of rotatable bonds is 6. The number of nitrogens with zero attached hydrogens (tertiary/aromatic N) is 2. The van der Waals surface area contributed by atoms with Gasteiger partial charge in [0.25, 0.3) is 0 Å². The standard InChI is InChI=1S/C34H27N3O5/c1-41-21-14-15-23(27(19-21)42-2)30(38)28-29(31(39)26-13-7-8-17-35-26)37-18-16-20-9-3-4-10-22(20)32(37)34(28)24-11-5-6-12-25(24)36-33(34)40/h3-19,28-29,32H,1-2H3,(H,36,40)/t28-,29+,32-,34-/m0/s1. The van der Waals surface area contributed by atoms with E-state index in [0.717, 1.165) is 11.1 Å². The van der Waals surface area contributed by atoms with Crippen LogP contribution >= 0.6 is 0 Å². The quantitative estimate of drug-likeness (QED) is 0.330. The molecule has 1 N–H and O–H groups in total. The number of anilines is 1. The summed E-state index contributed by atoms with van der Waals surface area (Å²) in [6.45, 7) is 0. The molecule has 8 nitrogen and oxygen atoms in total. The Labute approximate surface area is 242 Å². The minimum Gasteiger partial charge on any atom is -0.497 e. The molecular formula is C34H27N3O5. The largest absolute Gasteiger partial charge is 0.497 e. The molecule has 8 heteroatoms. The van der Waals surface area contributed by atoms with Crippen molar-refractivity contribution in [2.24, 2.45) is 5.92 Å². The first-order valence-corrected chi connectivity index (χ1v) is 13.7. The smallest absolute Gasteiger partial charge is 0.238 e. The Hall–Kier alpha value is -5.24. The van der Waals surface area contributed by atoms with Crippen LogP contribution in [0.2, 0.25) is 0 Å². The first-order valence-electron chi connectivity index (χ1n) is 13.7. The van der Waals surface area contributed by atoms with Gasteiger partial charge in [-0.05, 0) is 53.1 Å². The lowest BCUT2D eigenvalue weighted by Gasteiger charge is -2.38. The van der Waals surface area contributed by atoms with Crippen LogP contribution < -0.4 is 14.8 Å². The van der Waals surface area contributed by atoms with Crippen molar-refractivity contribution in [2.45, 2.75) is 17.5 Å². The molecule has 4 aromatic rings. The van der Waals surface area contributed by atoms with Gasteiger partial charge in [0.1, 0.15) is 28.6 Å². The second kappa shape index (κ2) is 9.69. The summed E-state index contributed by atoms with van der Waals surface area (Å²) >= 11 is 0. The molecule has 4 heterocycles. The summed E-state index contributed by atoms with van der Waals surface area (Å²) in [5.41, 5.74) is 2.14. The second-order valence-corrected chi connectivity index (χ2v) is 10.6. The van der Waals surface area contributed by atoms with E-state index in [-0.39, 0.29) is 28.7 Å². The van der Waals surface area contributed by atoms with Crippen LogP contribution in [0.4, 0.5) is 5.69 Å². The maximum Gasteiger partial charge on any atom is 0.238 e. The first-order chi connectivity index (χ1) is 20.5. The topological polar surface area (TPSA) is 97.8 Å². The van der Waals surface area contributed by atoms with E-state index >= 15 is 4.79 Å². The Morgan fingerprint density at radius 1 is 0.905 bits per heavy atom. The number of para-hydroxylation sites is 1. The van der Waals surface area contributed by atoms with E-state index < -0.39 is 23.4 Å². The number of benzene rings is 3. The summed E-state index contributed by atoms with van der Waals surface area (Å²) in [7, 11) is 3.01. The second-order valence-electron chi connectivity index (χ2n) is 10.6. The fourth-order valence-electron chi connectivity index (χ4n) is 7.00. The maximum absolute atomic E-state index is 15.0. The van der Waals surface area contributed by atoms with Gasteiger partial charge < -0.3 is 19.7 Å². The number of carbonyl (C=O) groups excluding carboxylic acids is 3. The normalized spacial score (nSPS) is 23.1. The minimum atomic E-state index is -1.44. The first kappa shape index (κ1) is 25.7. The Bertz CT molecular complexity index is 1790. The molecule has 0 unspecified atom stereocenters. The number of ether oxygens (including phenoxy) is 2. The van der Waals surface area contributed by atoms with Gasteiger partial charge in [-0.25, -0.2) is 0 Å². The molecule has 1 saturated heterocycles. The van der Waals surface area contributed by atoms with E-state index in [1.807, 2.05) is 65.7 Å². The molecule has 7 rings (SSSR count).